The van der Waals surface area contributed by atoms with Crippen molar-refractivity contribution in [2.24, 2.45) is 5.73 Å². The normalized spacial score (nSPS) is 10.1. The largest absolute Gasteiger partial charge is 0.496 e. The van der Waals surface area contributed by atoms with E-state index in [4.69, 9.17) is 10.5 Å². The van der Waals surface area contributed by atoms with Crippen LogP contribution in [0.4, 0.5) is 5.69 Å². The summed E-state index contributed by atoms with van der Waals surface area (Å²) >= 11 is 0. The smallest absolute Gasteiger partial charge is 0.252 e. The molecule has 1 aromatic carbocycles. The summed E-state index contributed by atoms with van der Waals surface area (Å²) in [6.07, 6.45) is 3.08. The highest BCUT2D eigenvalue weighted by Crippen LogP contribution is 2.20. The van der Waals surface area contributed by atoms with E-state index in [-0.39, 0.29) is 0 Å². The molecule has 1 heterocycles. The number of methoxy groups -OCH3 is 1. The number of primary amides is 1. The number of nitrogens with one attached hydrogen (secondary N) is 1. The molecular formula is C15H17N3O2. The molecular weight excluding hydrogens is 254 g/mol. The average molecular weight is 271 g/mol. The first-order valence-corrected chi connectivity index (χ1v) is 6.23. The quantitative estimate of drug-likeness (QED) is 0.873. The molecule has 0 radical (unpaired) electrons. The Morgan fingerprint density at radius 1 is 1.40 bits per heavy atom. The number of carbonyl (C=O) groups excluding carboxylic acids is 1. The molecule has 0 aliphatic rings. The van der Waals surface area contributed by atoms with Gasteiger partial charge >= 0.3 is 0 Å². The molecule has 1 aromatic heterocycles. The van der Waals surface area contributed by atoms with Crippen molar-refractivity contribution in [2.75, 3.05) is 12.4 Å². The maximum atomic E-state index is 11.3. The number of hydrogen-bond donors (Lipinski definition) is 2. The number of aryl methyl sites for hydroxylation is 1. The van der Waals surface area contributed by atoms with Gasteiger partial charge < -0.3 is 15.8 Å². The standard InChI is InChI=1S/C15H17N3O2/c1-10-7-11(3-4-14(10)20-2)8-18-13-5-6-17-9-12(13)15(16)19/h3-7,9H,8H2,1-2H3,(H2,16,19)(H,17,18). The Labute approximate surface area is 117 Å². The number of aromatic nitrogens is 1. The van der Waals surface area contributed by atoms with Crippen molar-refractivity contribution >= 4 is 11.6 Å². The predicted octanol–water partition coefficient (Wildman–Crippen LogP) is 2.11. The van der Waals surface area contributed by atoms with Crippen LogP contribution in [0.25, 0.3) is 0 Å². The Morgan fingerprint density at radius 3 is 2.85 bits per heavy atom. The van der Waals surface area contributed by atoms with Crippen LogP contribution in [-0.4, -0.2) is 18.0 Å². The van der Waals surface area contributed by atoms with E-state index in [2.05, 4.69) is 10.3 Å². The van der Waals surface area contributed by atoms with Gasteiger partial charge in [-0.05, 0) is 30.2 Å². The number of pyridine rings is 1. The van der Waals surface area contributed by atoms with Gasteiger partial charge in [0.1, 0.15) is 5.75 Å². The summed E-state index contributed by atoms with van der Waals surface area (Å²) in [6.45, 7) is 2.58. The number of benzene rings is 1. The molecule has 0 unspecified atom stereocenters. The maximum Gasteiger partial charge on any atom is 0.252 e. The van der Waals surface area contributed by atoms with E-state index in [1.54, 1.807) is 19.4 Å². The van der Waals surface area contributed by atoms with Crippen molar-refractivity contribution in [1.29, 1.82) is 0 Å². The SMILES string of the molecule is COc1ccc(CNc2ccncc2C(N)=O)cc1C. The molecule has 2 rings (SSSR count). The minimum Gasteiger partial charge on any atom is -0.496 e. The highest BCUT2D eigenvalue weighted by atomic mass is 16.5. The molecule has 0 bridgehead atoms. The van der Waals surface area contributed by atoms with Gasteiger partial charge in [0.15, 0.2) is 0 Å². The number of nitrogens with zero attached hydrogens (tertiary/aromatic N) is 1. The summed E-state index contributed by atoms with van der Waals surface area (Å²) in [5.41, 5.74) is 8.54. The Bertz CT molecular complexity index is 626. The second kappa shape index (κ2) is 6.06. The minimum atomic E-state index is -0.494. The van der Waals surface area contributed by atoms with Crippen LogP contribution in [-0.2, 0) is 6.54 Å². The van der Waals surface area contributed by atoms with Gasteiger partial charge in [-0.3, -0.25) is 9.78 Å². The molecule has 3 N–H and O–H groups in total. The highest BCUT2D eigenvalue weighted by Gasteiger charge is 2.07. The van der Waals surface area contributed by atoms with Crippen molar-refractivity contribution in [3.05, 3.63) is 53.3 Å². The van der Waals surface area contributed by atoms with E-state index in [1.165, 1.54) is 6.20 Å². The first kappa shape index (κ1) is 13.9. The van der Waals surface area contributed by atoms with Gasteiger partial charge in [0, 0.05) is 18.9 Å². The number of ether oxygens (including phenoxy) is 1. The first-order valence-electron chi connectivity index (χ1n) is 6.23. The molecule has 104 valence electrons. The fourth-order valence-electron chi connectivity index (χ4n) is 1.99. The molecule has 0 aliphatic heterocycles. The molecule has 0 aliphatic carbocycles. The lowest BCUT2D eigenvalue weighted by Gasteiger charge is -2.11. The number of carbonyl (C=O) groups is 1. The highest BCUT2D eigenvalue weighted by molar-refractivity contribution is 5.98. The van der Waals surface area contributed by atoms with Crippen LogP contribution in [0.5, 0.6) is 5.75 Å². The molecule has 2 aromatic rings. The topological polar surface area (TPSA) is 77.2 Å². The van der Waals surface area contributed by atoms with Crippen molar-refractivity contribution < 1.29 is 9.53 Å². The zero-order valence-corrected chi connectivity index (χ0v) is 11.5. The van der Waals surface area contributed by atoms with Crippen LogP contribution in [0.15, 0.2) is 36.7 Å². The van der Waals surface area contributed by atoms with Gasteiger partial charge in [-0.25, -0.2) is 0 Å². The second-order valence-electron chi connectivity index (χ2n) is 4.44. The van der Waals surface area contributed by atoms with E-state index < -0.39 is 5.91 Å². The van der Waals surface area contributed by atoms with Crippen molar-refractivity contribution in [3.8, 4) is 5.75 Å². The number of rotatable bonds is 5. The third kappa shape index (κ3) is 3.06. The lowest BCUT2D eigenvalue weighted by molar-refractivity contribution is 0.100. The van der Waals surface area contributed by atoms with E-state index >= 15 is 0 Å². The molecule has 1 amide bonds. The summed E-state index contributed by atoms with van der Waals surface area (Å²) in [5, 5.41) is 3.19. The van der Waals surface area contributed by atoms with Crippen LogP contribution in [0, 0.1) is 6.92 Å². The zero-order valence-electron chi connectivity index (χ0n) is 11.5. The zero-order chi connectivity index (χ0) is 14.5. The molecule has 0 saturated heterocycles. The molecule has 5 nitrogen and oxygen atoms in total. The van der Waals surface area contributed by atoms with Crippen molar-refractivity contribution in [3.63, 3.8) is 0 Å². The lowest BCUT2D eigenvalue weighted by Crippen LogP contribution is -2.14. The van der Waals surface area contributed by atoms with Gasteiger partial charge in [0.25, 0.3) is 5.91 Å². The van der Waals surface area contributed by atoms with Gasteiger partial charge in [0.05, 0.1) is 18.4 Å². The van der Waals surface area contributed by atoms with Crippen molar-refractivity contribution in [2.45, 2.75) is 13.5 Å². The summed E-state index contributed by atoms with van der Waals surface area (Å²) < 4.78 is 5.22. The number of hydrogen-bond acceptors (Lipinski definition) is 4. The van der Waals surface area contributed by atoms with Crippen LogP contribution >= 0.6 is 0 Å². The van der Waals surface area contributed by atoms with E-state index in [1.807, 2.05) is 25.1 Å². The molecule has 0 spiro atoms. The van der Waals surface area contributed by atoms with E-state index in [0.717, 1.165) is 16.9 Å². The third-order valence-electron chi connectivity index (χ3n) is 3.03. The Kier molecular flexibility index (Phi) is 4.20. The average Bonchev–Trinajstić information content (AvgIpc) is 2.45. The molecule has 20 heavy (non-hydrogen) atoms. The van der Waals surface area contributed by atoms with Crippen LogP contribution in [0.3, 0.4) is 0 Å². The van der Waals surface area contributed by atoms with E-state index in [0.29, 0.717) is 17.8 Å². The van der Waals surface area contributed by atoms with Crippen LogP contribution in [0.2, 0.25) is 0 Å². The van der Waals surface area contributed by atoms with E-state index in [9.17, 15) is 4.79 Å². The number of amides is 1. The van der Waals surface area contributed by atoms with Gasteiger partial charge in [-0.1, -0.05) is 12.1 Å². The molecule has 0 saturated carbocycles. The third-order valence-corrected chi connectivity index (χ3v) is 3.03. The summed E-state index contributed by atoms with van der Waals surface area (Å²) in [6, 6.07) is 7.67. The first-order chi connectivity index (χ1) is 9.61. The Balaban J connectivity index is 2.13. The molecule has 0 atom stereocenters. The lowest BCUT2D eigenvalue weighted by atomic mass is 10.1. The monoisotopic (exact) mass is 271 g/mol. The summed E-state index contributed by atoms with van der Waals surface area (Å²) in [4.78, 5) is 15.2. The predicted molar refractivity (Wildman–Crippen MR) is 77.8 cm³/mol. The Hall–Kier alpha value is -2.56. The van der Waals surface area contributed by atoms with Gasteiger partial charge in [-0.15, -0.1) is 0 Å². The number of nitrogens with two attached hydrogens (primary N) is 1. The van der Waals surface area contributed by atoms with Gasteiger partial charge in [0.2, 0.25) is 0 Å². The molecule has 0 fully saturated rings. The fraction of sp³-hybridized carbons (Fsp3) is 0.200. The van der Waals surface area contributed by atoms with Crippen LogP contribution in [0.1, 0.15) is 21.5 Å². The Morgan fingerprint density at radius 2 is 2.20 bits per heavy atom. The van der Waals surface area contributed by atoms with Gasteiger partial charge in [-0.2, -0.15) is 0 Å². The maximum absolute atomic E-state index is 11.3. The van der Waals surface area contributed by atoms with Crippen LogP contribution < -0.4 is 15.8 Å². The summed E-state index contributed by atoms with van der Waals surface area (Å²) in [7, 11) is 1.65. The van der Waals surface area contributed by atoms with Crippen molar-refractivity contribution in [1.82, 2.24) is 4.98 Å². The minimum absolute atomic E-state index is 0.387. The number of anilines is 1. The second-order valence-corrected chi connectivity index (χ2v) is 4.44. The fourth-order valence-corrected chi connectivity index (χ4v) is 1.99. The summed E-state index contributed by atoms with van der Waals surface area (Å²) in [5.74, 6) is 0.363. The molecule has 5 heteroatoms.